The zero-order valence-corrected chi connectivity index (χ0v) is 12.4. The van der Waals surface area contributed by atoms with Gasteiger partial charge in [0, 0.05) is 8.07 Å². The topological polar surface area (TPSA) is 46.1 Å². The molecular formula is C12H18NiO2Si. The third kappa shape index (κ3) is 3.53. The maximum Gasteiger partial charge on any atom is 2.00 e. The second kappa shape index (κ2) is 5.24. The minimum atomic E-state index is -1.35. The molecule has 0 aromatic heterocycles. The summed E-state index contributed by atoms with van der Waals surface area (Å²) in [5.41, 5.74) is 2.69. The molecule has 16 heavy (non-hydrogen) atoms. The van der Waals surface area contributed by atoms with Crippen molar-refractivity contribution in [2.24, 2.45) is 0 Å². The molecule has 0 N–H and O–H groups in total. The van der Waals surface area contributed by atoms with Crippen LogP contribution in [0.1, 0.15) is 16.7 Å². The number of hydrogen-bond donors (Lipinski definition) is 0. The third-order valence-electron chi connectivity index (χ3n) is 2.60. The minimum Gasteiger partial charge on any atom is -0.873 e. The Morgan fingerprint density at radius 3 is 2.06 bits per heavy atom. The summed E-state index contributed by atoms with van der Waals surface area (Å²) in [5.74, 6) is -0.646. The molecule has 0 spiro atoms. The SMILES string of the molecule is Cc1cc([O-])c([O-])c(C[Si](C)(C)C)c1C.[Ni+2]. The van der Waals surface area contributed by atoms with Crippen molar-refractivity contribution < 1.29 is 26.7 Å². The van der Waals surface area contributed by atoms with Gasteiger partial charge in [0.05, 0.1) is 0 Å². The molecule has 0 saturated carbocycles. The second-order valence-corrected chi connectivity index (χ2v) is 10.8. The van der Waals surface area contributed by atoms with Crippen LogP contribution < -0.4 is 10.2 Å². The van der Waals surface area contributed by atoms with E-state index < -0.39 is 8.07 Å². The average molecular weight is 281 g/mol. The van der Waals surface area contributed by atoms with E-state index in [0.717, 1.165) is 22.7 Å². The van der Waals surface area contributed by atoms with Crippen molar-refractivity contribution in [2.75, 3.05) is 0 Å². The molecule has 0 bridgehead atoms. The fourth-order valence-electron chi connectivity index (χ4n) is 1.67. The van der Waals surface area contributed by atoms with E-state index >= 15 is 0 Å². The first-order valence-corrected chi connectivity index (χ1v) is 8.90. The van der Waals surface area contributed by atoms with E-state index in [9.17, 15) is 10.2 Å². The Balaban J connectivity index is 0.00000225. The van der Waals surface area contributed by atoms with Crippen LogP contribution in [0.4, 0.5) is 0 Å². The average Bonchev–Trinajstić information content (AvgIpc) is 2.08. The summed E-state index contributed by atoms with van der Waals surface area (Å²) >= 11 is 0. The van der Waals surface area contributed by atoms with E-state index in [1.54, 1.807) is 0 Å². The molecule has 0 unspecified atom stereocenters. The summed E-state index contributed by atoms with van der Waals surface area (Å²) < 4.78 is 0. The molecule has 0 aliphatic rings. The quantitative estimate of drug-likeness (QED) is 0.777. The molecule has 0 radical (unpaired) electrons. The molecule has 92 valence electrons. The Kier molecular flexibility index (Phi) is 5.09. The van der Waals surface area contributed by atoms with Crippen LogP contribution in [0.3, 0.4) is 0 Å². The minimum absolute atomic E-state index is 0. The monoisotopic (exact) mass is 280 g/mol. The molecule has 4 heteroatoms. The van der Waals surface area contributed by atoms with Crippen LogP contribution in [-0.2, 0) is 22.5 Å². The Labute approximate surface area is 109 Å². The molecule has 2 nitrogen and oxygen atoms in total. The summed E-state index contributed by atoms with van der Waals surface area (Å²) in [7, 11) is -1.35. The smallest absolute Gasteiger partial charge is 0.873 e. The van der Waals surface area contributed by atoms with Crippen LogP contribution in [0.15, 0.2) is 6.07 Å². The summed E-state index contributed by atoms with van der Waals surface area (Å²) in [6, 6.07) is 2.25. The molecular weight excluding hydrogens is 263 g/mol. The van der Waals surface area contributed by atoms with E-state index in [2.05, 4.69) is 19.6 Å². The van der Waals surface area contributed by atoms with Crippen molar-refractivity contribution >= 4 is 8.07 Å². The third-order valence-corrected chi connectivity index (χ3v) is 4.01. The molecule has 1 aromatic rings. The molecule has 0 aliphatic carbocycles. The van der Waals surface area contributed by atoms with Crippen LogP contribution >= 0.6 is 0 Å². The van der Waals surface area contributed by atoms with Gasteiger partial charge in [-0.3, -0.25) is 0 Å². The molecule has 1 rings (SSSR count). The van der Waals surface area contributed by atoms with Gasteiger partial charge in [-0.15, -0.1) is 11.5 Å². The zero-order chi connectivity index (χ0) is 11.8. The standard InChI is InChI=1S/C12H20O2Si.Ni/c1-8-6-11(13)12(14)10(9(8)2)7-15(3,4)5;/h6,13-14H,7H2,1-5H3;/q;+2/p-2. The van der Waals surface area contributed by atoms with Gasteiger partial charge >= 0.3 is 16.5 Å². The second-order valence-electron chi connectivity index (χ2n) is 5.36. The Morgan fingerprint density at radius 2 is 1.62 bits per heavy atom. The first-order chi connectivity index (χ1) is 6.72. The Hall–Kier alpha value is -0.470. The van der Waals surface area contributed by atoms with Crippen molar-refractivity contribution in [3.8, 4) is 11.5 Å². The summed E-state index contributed by atoms with van der Waals surface area (Å²) in [6.45, 7) is 10.5. The van der Waals surface area contributed by atoms with Gasteiger partial charge in [-0.05, 0) is 31.0 Å². The predicted molar refractivity (Wildman–Crippen MR) is 61.9 cm³/mol. The number of benzene rings is 1. The van der Waals surface area contributed by atoms with E-state index in [-0.39, 0.29) is 28.0 Å². The maximum absolute atomic E-state index is 11.7. The Morgan fingerprint density at radius 1 is 1.12 bits per heavy atom. The van der Waals surface area contributed by atoms with Crippen molar-refractivity contribution in [3.63, 3.8) is 0 Å². The van der Waals surface area contributed by atoms with Crippen LogP contribution in [0, 0.1) is 13.8 Å². The first kappa shape index (κ1) is 15.5. The van der Waals surface area contributed by atoms with Crippen molar-refractivity contribution in [1.29, 1.82) is 0 Å². The van der Waals surface area contributed by atoms with Crippen molar-refractivity contribution in [2.45, 2.75) is 39.5 Å². The normalized spacial score (nSPS) is 11.1. The molecule has 0 aliphatic heterocycles. The number of rotatable bonds is 2. The van der Waals surface area contributed by atoms with E-state index in [4.69, 9.17) is 0 Å². The fraction of sp³-hybridized carbons (Fsp3) is 0.500. The van der Waals surface area contributed by atoms with E-state index in [1.807, 2.05) is 13.8 Å². The maximum atomic E-state index is 11.7. The number of aryl methyl sites for hydroxylation is 1. The molecule has 0 heterocycles. The number of hydrogen-bond acceptors (Lipinski definition) is 2. The summed E-state index contributed by atoms with van der Waals surface area (Å²) in [5, 5.41) is 23.1. The molecule has 0 saturated heterocycles. The van der Waals surface area contributed by atoms with Gasteiger partial charge in [0.2, 0.25) is 0 Å². The van der Waals surface area contributed by atoms with Crippen LogP contribution in [0.5, 0.6) is 11.5 Å². The van der Waals surface area contributed by atoms with Crippen LogP contribution in [0.2, 0.25) is 19.6 Å². The van der Waals surface area contributed by atoms with Gasteiger partial charge in [-0.25, -0.2) is 0 Å². The molecule has 0 amide bonds. The largest absolute Gasteiger partial charge is 2.00 e. The molecule has 0 atom stereocenters. The summed E-state index contributed by atoms with van der Waals surface area (Å²) in [4.78, 5) is 0. The van der Waals surface area contributed by atoms with Crippen molar-refractivity contribution in [3.05, 3.63) is 22.8 Å². The van der Waals surface area contributed by atoms with Gasteiger partial charge in [-0.2, -0.15) is 0 Å². The molecule has 1 aromatic carbocycles. The fourth-order valence-corrected chi connectivity index (χ4v) is 3.16. The zero-order valence-electron chi connectivity index (χ0n) is 10.4. The van der Waals surface area contributed by atoms with Gasteiger partial charge in [-0.1, -0.05) is 31.3 Å². The van der Waals surface area contributed by atoms with E-state index in [1.165, 1.54) is 6.07 Å². The van der Waals surface area contributed by atoms with Gasteiger partial charge in [0.1, 0.15) is 0 Å². The van der Waals surface area contributed by atoms with Crippen molar-refractivity contribution in [1.82, 2.24) is 0 Å². The first-order valence-electron chi connectivity index (χ1n) is 5.19. The Bertz CT molecular complexity index is 357. The van der Waals surface area contributed by atoms with E-state index in [0.29, 0.717) is 0 Å². The van der Waals surface area contributed by atoms with Crippen LogP contribution in [0.25, 0.3) is 0 Å². The molecule has 0 fully saturated rings. The van der Waals surface area contributed by atoms with Crippen LogP contribution in [-0.4, -0.2) is 8.07 Å². The van der Waals surface area contributed by atoms with Gasteiger partial charge in [0.15, 0.2) is 0 Å². The predicted octanol–water partition coefficient (Wildman–Crippen LogP) is 1.87. The van der Waals surface area contributed by atoms with Gasteiger partial charge in [0.25, 0.3) is 0 Å². The summed E-state index contributed by atoms with van der Waals surface area (Å²) in [6.07, 6.45) is 0. The van der Waals surface area contributed by atoms with Gasteiger partial charge < -0.3 is 10.2 Å².